The lowest BCUT2D eigenvalue weighted by atomic mass is 10.0. The molecule has 0 bridgehead atoms. The minimum Gasteiger partial charge on any atom is -0.496 e. The van der Waals surface area contributed by atoms with Gasteiger partial charge >= 0.3 is 0 Å². The molecule has 0 aromatic heterocycles. The molecule has 0 spiro atoms. The lowest BCUT2D eigenvalue weighted by molar-refractivity contribution is 0.0551. The van der Waals surface area contributed by atoms with E-state index in [0.717, 1.165) is 36.5 Å². The third-order valence-electron chi connectivity index (χ3n) is 4.62. The monoisotopic (exact) mass is 292 g/mol. The molecule has 1 fully saturated rings. The van der Waals surface area contributed by atoms with Crippen LogP contribution in [0.2, 0.25) is 0 Å². The average molecular weight is 292 g/mol. The zero-order chi connectivity index (χ0) is 15.6. The van der Waals surface area contributed by atoms with Crippen LogP contribution in [0.25, 0.3) is 0 Å². The Morgan fingerprint density at radius 1 is 1.29 bits per heavy atom. The van der Waals surface area contributed by atoms with Crippen molar-refractivity contribution in [2.24, 2.45) is 0 Å². The van der Waals surface area contributed by atoms with E-state index >= 15 is 0 Å². The summed E-state index contributed by atoms with van der Waals surface area (Å²) in [6.07, 6.45) is -0.444. The maximum Gasteiger partial charge on any atom is 0.123 e. The van der Waals surface area contributed by atoms with Crippen molar-refractivity contribution < 1.29 is 9.84 Å². The number of ether oxygens (including phenoxy) is 1. The number of aliphatic hydroxyl groups is 1. The van der Waals surface area contributed by atoms with E-state index < -0.39 is 6.10 Å². The number of benzene rings is 1. The second kappa shape index (κ2) is 6.77. The van der Waals surface area contributed by atoms with Crippen LogP contribution in [0.15, 0.2) is 18.2 Å². The minimum atomic E-state index is -0.444. The number of piperazine rings is 1. The van der Waals surface area contributed by atoms with E-state index in [1.807, 2.05) is 12.1 Å². The van der Waals surface area contributed by atoms with Gasteiger partial charge in [0.1, 0.15) is 5.75 Å². The number of methoxy groups -OCH3 is 1. The molecule has 1 N–H and O–H groups in total. The van der Waals surface area contributed by atoms with E-state index in [1.165, 1.54) is 0 Å². The van der Waals surface area contributed by atoms with Crippen LogP contribution >= 0.6 is 0 Å². The van der Waals surface area contributed by atoms with E-state index in [-0.39, 0.29) is 0 Å². The third-order valence-corrected chi connectivity index (χ3v) is 4.62. The molecule has 1 heterocycles. The Morgan fingerprint density at radius 3 is 2.43 bits per heavy atom. The second-order valence-electron chi connectivity index (χ2n) is 6.30. The van der Waals surface area contributed by atoms with Gasteiger partial charge in [0.15, 0.2) is 0 Å². The summed E-state index contributed by atoms with van der Waals surface area (Å²) in [5.41, 5.74) is 2.10. The molecular weight excluding hydrogens is 264 g/mol. The Morgan fingerprint density at radius 2 is 1.90 bits per heavy atom. The van der Waals surface area contributed by atoms with Gasteiger partial charge in [0.25, 0.3) is 0 Å². The third kappa shape index (κ3) is 3.76. The number of nitrogens with zero attached hydrogens (tertiary/aromatic N) is 2. The summed E-state index contributed by atoms with van der Waals surface area (Å²) in [4.78, 5) is 4.90. The lowest BCUT2D eigenvalue weighted by Crippen LogP contribution is -2.54. The molecule has 0 amide bonds. The quantitative estimate of drug-likeness (QED) is 0.923. The number of likely N-dealkylation sites (N-methyl/N-ethyl adjacent to an activating group) is 1. The predicted octanol–water partition coefficient (Wildman–Crippen LogP) is 2.27. The fourth-order valence-electron chi connectivity index (χ4n) is 3.07. The van der Waals surface area contributed by atoms with Crippen LogP contribution in [0.5, 0.6) is 5.75 Å². The molecule has 4 heteroatoms. The Balaban J connectivity index is 2.16. The van der Waals surface area contributed by atoms with Crippen molar-refractivity contribution in [3.8, 4) is 5.75 Å². The molecule has 118 valence electrons. The van der Waals surface area contributed by atoms with Crippen LogP contribution in [0.3, 0.4) is 0 Å². The first-order valence-electron chi connectivity index (χ1n) is 7.71. The van der Waals surface area contributed by atoms with Crippen molar-refractivity contribution in [3.63, 3.8) is 0 Å². The smallest absolute Gasteiger partial charge is 0.123 e. The summed E-state index contributed by atoms with van der Waals surface area (Å²) in [6.45, 7) is 9.32. The van der Waals surface area contributed by atoms with E-state index in [9.17, 15) is 5.11 Å². The van der Waals surface area contributed by atoms with Crippen molar-refractivity contribution in [3.05, 3.63) is 29.3 Å². The largest absolute Gasteiger partial charge is 0.496 e. The molecule has 0 radical (unpaired) electrons. The summed E-state index contributed by atoms with van der Waals surface area (Å²) in [5.74, 6) is 0.902. The number of hydrogen-bond acceptors (Lipinski definition) is 4. The molecular formula is C17H28N2O2. The van der Waals surface area contributed by atoms with Gasteiger partial charge in [-0.1, -0.05) is 6.07 Å². The zero-order valence-electron chi connectivity index (χ0n) is 13.8. The van der Waals surface area contributed by atoms with E-state index in [0.29, 0.717) is 12.1 Å². The van der Waals surface area contributed by atoms with Crippen molar-refractivity contribution >= 4 is 0 Å². The highest BCUT2D eigenvalue weighted by atomic mass is 16.5. The number of aliphatic hydroxyl groups excluding tert-OH is 1. The summed E-state index contributed by atoms with van der Waals surface area (Å²) in [5, 5.41) is 9.78. The van der Waals surface area contributed by atoms with Gasteiger partial charge in [-0.15, -0.1) is 0 Å². The molecule has 0 aliphatic carbocycles. The molecule has 3 atom stereocenters. The van der Waals surface area contributed by atoms with Crippen LogP contribution < -0.4 is 4.74 Å². The van der Waals surface area contributed by atoms with Gasteiger partial charge in [0.05, 0.1) is 13.2 Å². The maximum absolute atomic E-state index is 9.78. The number of rotatable bonds is 4. The molecule has 4 nitrogen and oxygen atoms in total. The molecule has 3 unspecified atom stereocenters. The molecule has 1 aliphatic rings. The standard InChI is InChI=1S/C17H28N2O2/c1-12-9-19(10-13(2)18(12)4)11-16-8-15(14(3)20)6-7-17(16)21-5/h6-8,12-14,20H,9-11H2,1-5H3. The van der Waals surface area contributed by atoms with Gasteiger partial charge in [-0.25, -0.2) is 0 Å². The van der Waals surface area contributed by atoms with E-state index in [1.54, 1.807) is 14.0 Å². The molecule has 1 aromatic carbocycles. The predicted molar refractivity (Wildman–Crippen MR) is 85.6 cm³/mol. The zero-order valence-corrected chi connectivity index (χ0v) is 13.8. The summed E-state index contributed by atoms with van der Waals surface area (Å²) < 4.78 is 5.48. The SMILES string of the molecule is COc1ccc(C(C)O)cc1CN1CC(C)N(C)C(C)C1. The summed E-state index contributed by atoms with van der Waals surface area (Å²) >= 11 is 0. The van der Waals surface area contributed by atoms with Crippen molar-refractivity contribution in [2.45, 2.75) is 45.5 Å². The molecule has 1 aliphatic heterocycles. The van der Waals surface area contributed by atoms with Crippen molar-refractivity contribution in [1.29, 1.82) is 0 Å². The van der Waals surface area contributed by atoms with Gasteiger partial charge < -0.3 is 9.84 Å². The molecule has 1 aromatic rings. The molecule has 2 rings (SSSR count). The van der Waals surface area contributed by atoms with Crippen LogP contribution in [-0.2, 0) is 6.54 Å². The minimum absolute atomic E-state index is 0.444. The molecule has 0 saturated carbocycles. The first-order chi connectivity index (χ1) is 9.92. The Hall–Kier alpha value is -1.10. The van der Waals surface area contributed by atoms with Gasteiger partial charge in [-0.2, -0.15) is 0 Å². The highest BCUT2D eigenvalue weighted by Crippen LogP contribution is 2.26. The van der Waals surface area contributed by atoms with Crippen LogP contribution in [0.1, 0.15) is 38.0 Å². The highest BCUT2D eigenvalue weighted by Gasteiger charge is 2.26. The Kier molecular flexibility index (Phi) is 5.25. The second-order valence-corrected chi connectivity index (χ2v) is 6.30. The molecule has 21 heavy (non-hydrogen) atoms. The van der Waals surface area contributed by atoms with Gasteiger partial charge in [-0.3, -0.25) is 9.80 Å². The number of hydrogen-bond donors (Lipinski definition) is 1. The summed E-state index contributed by atoms with van der Waals surface area (Å²) in [6, 6.07) is 7.07. The summed E-state index contributed by atoms with van der Waals surface area (Å²) in [7, 11) is 3.90. The van der Waals surface area contributed by atoms with E-state index in [4.69, 9.17) is 4.74 Å². The Labute approximate surface area is 128 Å². The van der Waals surface area contributed by atoms with Gasteiger partial charge in [0, 0.05) is 37.3 Å². The van der Waals surface area contributed by atoms with Crippen molar-refractivity contribution in [1.82, 2.24) is 9.80 Å². The lowest BCUT2D eigenvalue weighted by Gasteiger charge is -2.42. The topological polar surface area (TPSA) is 35.9 Å². The van der Waals surface area contributed by atoms with Crippen molar-refractivity contribution in [2.75, 3.05) is 27.2 Å². The van der Waals surface area contributed by atoms with Gasteiger partial charge in [0.2, 0.25) is 0 Å². The first kappa shape index (κ1) is 16.3. The molecule has 1 saturated heterocycles. The fourth-order valence-corrected chi connectivity index (χ4v) is 3.07. The fraction of sp³-hybridized carbons (Fsp3) is 0.647. The van der Waals surface area contributed by atoms with Crippen LogP contribution in [0.4, 0.5) is 0 Å². The van der Waals surface area contributed by atoms with Crippen LogP contribution in [-0.4, -0.2) is 54.2 Å². The normalized spacial score (nSPS) is 25.8. The van der Waals surface area contributed by atoms with Gasteiger partial charge in [-0.05, 0) is 45.5 Å². The Bertz CT molecular complexity index is 464. The van der Waals surface area contributed by atoms with E-state index in [2.05, 4.69) is 36.8 Å². The maximum atomic E-state index is 9.78. The average Bonchev–Trinajstić information content (AvgIpc) is 2.44. The first-order valence-corrected chi connectivity index (χ1v) is 7.71. The van der Waals surface area contributed by atoms with Crippen LogP contribution in [0, 0.1) is 0 Å². The highest BCUT2D eigenvalue weighted by molar-refractivity contribution is 5.38.